The molecule has 4 nitrogen and oxygen atoms in total. The predicted molar refractivity (Wildman–Crippen MR) is 61.2 cm³/mol. The molecule has 2 rings (SSSR count). The Bertz CT molecular complexity index is 306. The second-order valence-electron chi connectivity index (χ2n) is 4.39. The van der Waals surface area contributed by atoms with Crippen molar-refractivity contribution >= 4 is 0 Å². The van der Waals surface area contributed by atoms with Crippen LogP contribution in [-0.4, -0.2) is 34.2 Å². The molecule has 1 aliphatic heterocycles. The van der Waals surface area contributed by atoms with Gasteiger partial charge in [0.2, 0.25) is 0 Å². The normalized spacial score (nSPS) is 21.2. The maximum Gasteiger partial charge on any atom is 0.0770 e. The molecule has 0 spiro atoms. The number of rotatable bonds is 5. The van der Waals surface area contributed by atoms with Crippen LogP contribution < -0.4 is 0 Å². The summed E-state index contributed by atoms with van der Waals surface area (Å²) in [4.78, 5) is 0. The maximum absolute atomic E-state index is 8.75. The van der Waals surface area contributed by atoms with Gasteiger partial charge in [-0.1, -0.05) is 0 Å². The highest BCUT2D eigenvalue weighted by Gasteiger charge is 2.14. The molecule has 2 heterocycles. The van der Waals surface area contributed by atoms with Gasteiger partial charge in [-0.2, -0.15) is 5.10 Å². The second-order valence-corrected chi connectivity index (χ2v) is 4.39. The van der Waals surface area contributed by atoms with Crippen molar-refractivity contribution in [2.24, 2.45) is 0 Å². The van der Waals surface area contributed by atoms with Crippen LogP contribution in [-0.2, 0) is 17.7 Å². The standard InChI is InChI=1S/C12H20N2O2/c15-6-3-4-11-8-13-14(9-11)10-12-5-1-2-7-16-12/h8-9,12,15H,1-7,10H2. The summed E-state index contributed by atoms with van der Waals surface area (Å²) in [6, 6.07) is 0. The van der Waals surface area contributed by atoms with E-state index in [-0.39, 0.29) is 6.61 Å². The van der Waals surface area contributed by atoms with Crippen LogP contribution in [0.25, 0.3) is 0 Å². The molecule has 0 bridgehead atoms. The smallest absolute Gasteiger partial charge is 0.0770 e. The first-order chi connectivity index (χ1) is 7.88. The van der Waals surface area contributed by atoms with Gasteiger partial charge >= 0.3 is 0 Å². The topological polar surface area (TPSA) is 47.3 Å². The Kier molecular flexibility index (Phi) is 4.36. The van der Waals surface area contributed by atoms with E-state index < -0.39 is 0 Å². The Morgan fingerprint density at radius 3 is 3.19 bits per heavy atom. The minimum Gasteiger partial charge on any atom is -0.396 e. The number of hydrogen-bond acceptors (Lipinski definition) is 3. The summed E-state index contributed by atoms with van der Waals surface area (Å²) in [7, 11) is 0. The molecule has 0 aliphatic carbocycles. The van der Waals surface area contributed by atoms with E-state index in [9.17, 15) is 0 Å². The lowest BCUT2D eigenvalue weighted by atomic mass is 10.1. The Morgan fingerprint density at radius 1 is 1.50 bits per heavy atom. The molecule has 1 atom stereocenters. The van der Waals surface area contributed by atoms with Crippen LogP contribution in [0.15, 0.2) is 12.4 Å². The first-order valence-corrected chi connectivity index (χ1v) is 6.12. The maximum atomic E-state index is 8.75. The van der Waals surface area contributed by atoms with E-state index in [1.54, 1.807) is 0 Å². The van der Waals surface area contributed by atoms with E-state index in [1.807, 2.05) is 10.9 Å². The SMILES string of the molecule is OCCCc1cnn(CC2CCCCO2)c1. The number of hydrogen-bond donors (Lipinski definition) is 1. The number of nitrogens with zero attached hydrogens (tertiary/aromatic N) is 2. The Morgan fingerprint density at radius 2 is 2.44 bits per heavy atom. The van der Waals surface area contributed by atoms with Gasteiger partial charge in [0.25, 0.3) is 0 Å². The van der Waals surface area contributed by atoms with Crippen molar-refractivity contribution in [1.82, 2.24) is 9.78 Å². The summed E-state index contributed by atoms with van der Waals surface area (Å²) in [5.74, 6) is 0. The van der Waals surface area contributed by atoms with Crippen LogP contribution in [0.3, 0.4) is 0 Å². The summed E-state index contributed by atoms with van der Waals surface area (Å²) >= 11 is 0. The van der Waals surface area contributed by atoms with Gasteiger partial charge in [0.05, 0.1) is 18.8 Å². The third-order valence-electron chi connectivity index (χ3n) is 2.97. The van der Waals surface area contributed by atoms with E-state index in [0.29, 0.717) is 6.10 Å². The third-order valence-corrected chi connectivity index (χ3v) is 2.97. The van der Waals surface area contributed by atoms with E-state index in [2.05, 4.69) is 11.3 Å². The Labute approximate surface area is 96.2 Å². The zero-order valence-electron chi connectivity index (χ0n) is 9.64. The fraction of sp³-hybridized carbons (Fsp3) is 0.750. The van der Waals surface area contributed by atoms with Crippen molar-refractivity contribution < 1.29 is 9.84 Å². The fourth-order valence-corrected chi connectivity index (χ4v) is 2.08. The number of aromatic nitrogens is 2. The molecule has 0 aromatic carbocycles. The lowest BCUT2D eigenvalue weighted by molar-refractivity contribution is 0.00398. The van der Waals surface area contributed by atoms with Crippen molar-refractivity contribution in [2.45, 2.75) is 44.8 Å². The van der Waals surface area contributed by atoms with Crippen molar-refractivity contribution in [3.8, 4) is 0 Å². The minimum atomic E-state index is 0.247. The van der Waals surface area contributed by atoms with Gasteiger partial charge in [-0.25, -0.2) is 0 Å². The number of aliphatic hydroxyl groups is 1. The minimum absolute atomic E-state index is 0.247. The van der Waals surface area contributed by atoms with E-state index in [0.717, 1.165) is 32.4 Å². The Hall–Kier alpha value is -0.870. The molecule has 0 saturated carbocycles. The third kappa shape index (κ3) is 3.32. The average molecular weight is 224 g/mol. The van der Waals surface area contributed by atoms with Crippen molar-refractivity contribution in [1.29, 1.82) is 0 Å². The molecule has 0 amide bonds. The van der Waals surface area contributed by atoms with E-state index in [4.69, 9.17) is 9.84 Å². The summed E-state index contributed by atoms with van der Waals surface area (Å²) in [6.45, 7) is 2.00. The van der Waals surface area contributed by atoms with Gasteiger partial charge < -0.3 is 9.84 Å². The summed E-state index contributed by atoms with van der Waals surface area (Å²) in [5.41, 5.74) is 1.20. The highest BCUT2D eigenvalue weighted by atomic mass is 16.5. The monoisotopic (exact) mass is 224 g/mol. The van der Waals surface area contributed by atoms with Gasteiger partial charge in [-0.3, -0.25) is 4.68 Å². The van der Waals surface area contributed by atoms with Crippen LogP contribution in [0.5, 0.6) is 0 Å². The summed E-state index contributed by atoms with van der Waals surface area (Å²) < 4.78 is 7.63. The number of ether oxygens (including phenoxy) is 1. The lowest BCUT2D eigenvalue weighted by Crippen LogP contribution is -2.24. The van der Waals surface area contributed by atoms with Crippen LogP contribution in [0.2, 0.25) is 0 Å². The molecule has 1 fully saturated rings. The van der Waals surface area contributed by atoms with Gasteiger partial charge in [0.1, 0.15) is 0 Å². The van der Waals surface area contributed by atoms with Crippen molar-refractivity contribution in [3.05, 3.63) is 18.0 Å². The zero-order chi connectivity index (χ0) is 11.2. The fourth-order valence-electron chi connectivity index (χ4n) is 2.08. The van der Waals surface area contributed by atoms with Gasteiger partial charge in [-0.05, 0) is 37.7 Å². The van der Waals surface area contributed by atoms with E-state index in [1.165, 1.54) is 18.4 Å². The summed E-state index contributed by atoms with van der Waals surface area (Å²) in [6.07, 6.45) is 9.60. The molecule has 4 heteroatoms. The van der Waals surface area contributed by atoms with Crippen molar-refractivity contribution in [3.63, 3.8) is 0 Å². The molecule has 1 N–H and O–H groups in total. The molecule has 1 aliphatic rings. The van der Waals surface area contributed by atoms with Crippen LogP contribution in [0, 0.1) is 0 Å². The molecular weight excluding hydrogens is 204 g/mol. The van der Waals surface area contributed by atoms with Crippen LogP contribution >= 0.6 is 0 Å². The first kappa shape index (κ1) is 11.6. The molecular formula is C12H20N2O2. The zero-order valence-corrected chi connectivity index (χ0v) is 9.64. The lowest BCUT2D eigenvalue weighted by Gasteiger charge is -2.22. The van der Waals surface area contributed by atoms with Crippen LogP contribution in [0.4, 0.5) is 0 Å². The first-order valence-electron chi connectivity index (χ1n) is 6.12. The largest absolute Gasteiger partial charge is 0.396 e. The van der Waals surface area contributed by atoms with E-state index >= 15 is 0 Å². The predicted octanol–water partition coefficient (Wildman–Crippen LogP) is 1.38. The molecule has 1 aromatic rings. The molecule has 90 valence electrons. The van der Waals surface area contributed by atoms with Gasteiger partial charge in [0.15, 0.2) is 0 Å². The molecule has 1 saturated heterocycles. The number of aliphatic hydroxyl groups excluding tert-OH is 1. The number of aryl methyl sites for hydroxylation is 1. The van der Waals surface area contributed by atoms with Gasteiger partial charge in [0, 0.05) is 19.4 Å². The second kappa shape index (κ2) is 6.01. The molecule has 1 unspecified atom stereocenters. The molecule has 16 heavy (non-hydrogen) atoms. The van der Waals surface area contributed by atoms with Crippen molar-refractivity contribution in [2.75, 3.05) is 13.2 Å². The average Bonchev–Trinajstić information content (AvgIpc) is 2.75. The van der Waals surface area contributed by atoms with Crippen LogP contribution in [0.1, 0.15) is 31.2 Å². The quantitative estimate of drug-likeness (QED) is 0.822. The Balaban J connectivity index is 1.81. The summed E-state index contributed by atoms with van der Waals surface area (Å²) in [5, 5.41) is 13.1. The molecule has 0 radical (unpaired) electrons. The highest BCUT2D eigenvalue weighted by molar-refractivity contribution is 5.03. The highest BCUT2D eigenvalue weighted by Crippen LogP contribution is 2.14. The van der Waals surface area contributed by atoms with Gasteiger partial charge in [-0.15, -0.1) is 0 Å². The molecule has 1 aromatic heterocycles.